The van der Waals surface area contributed by atoms with E-state index >= 15 is 0 Å². The van der Waals surface area contributed by atoms with Crippen molar-refractivity contribution in [1.29, 1.82) is 0 Å². The Bertz CT molecular complexity index is 484. The summed E-state index contributed by atoms with van der Waals surface area (Å²) < 4.78 is 11.3. The molecule has 1 atom stereocenters. The van der Waals surface area contributed by atoms with Gasteiger partial charge < -0.3 is 20.5 Å². The first-order chi connectivity index (χ1) is 9.72. The van der Waals surface area contributed by atoms with Crippen molar-refractivity contribution in [2.45, 2.75) is 43.9 Å². The normalized spacial score (nSPS) is 28.8. The van der Waals surface area contributed by atoms with Crippen LogP contribution in [0.15, 0.2) is 24.3 Å². The van der Waals surface area contributed by atoms with Crippen LogP contribution in [-0.2, 0) is 4.79 Å². The van der Waals surface area contributed by atoms with E-state index in [-0.39, 0.29) is 24.6 Å². The van der Waals surface area contributed by atoms with Crippen molar-refractivity contribution in [2.75, 3.05) is 6.61 Å². The first kappa shape index (κ1) is 13.2. The predicted molar refractivity (Wildman–Crippen MR) is 74.7 cm³/mol. The molecule has 108 valence electrons. The van der Waals surface area contributed by atoms with Crippen LogP contribution in [0.4, 0.5) is 0 Å². The van der Waals surface area contributed by atoms with Crippen LogP contribution in [-0.4, -0.2) is 30.7 Å². The maximum absolute atomic E-state index is 12.2. The minimum absolute atomic E-state index is 0.0972. The van der Waals surface area contributed by atoms with Crippen LogP contribution in [0.5, 0.6) is 11.5 Å². The molecule has 5 heteroatoms. The van der Waals surface area contributed by atoms with Gasteiger partial charge in [-0.2, -0.15) is 0 Å². The van der Waals surface area contributed by atoms with E-state index in [0.717, 1.165) is 25.7 Å². The van der Waals surface area contributed by atoms with Crippen LogP contribution in [0.25, 0.3) is 0 Å². The van der Waals surface area contributed by atoms with Crippen molar-refractivity contribution < 1.29 is 14.3 Å². The molecule has 2 aliphatic rings. The molecule has 0 radical (unpaired) electrons. The number of para-hydroxylation sites is 2. The summed E-state index contributed by atoms with van der Waals surface area (Å²) in [6, 6.07) is 7.89. The van der Waals surface area contributed by atoms with Crippen LogP contribution in [0.2, 0.25) is 0 Å². The maximum atomic E-state index is 12.2. The lowest BCUT2D eigenvalue weighted by Crippen LogP contribution is -2.49. The number of benzene rings is 1. The highest BCUT2D eigenvalue weighted by Crippen LogP contribution is 2.31. The monoisotopic (exact) mass is 276 g/mol. The van der Waals surface area contributed by atoms with E-state index < -0.39 is 6.10 Å². The second-order valence-corrected chi connectivity index (χ2v) is 5.48. The Morgan fingerprint density at radius 2 is 1.85 bits per heavy atom. The maximum Gasteiger partial charge on any atom is 0.264 e. The molecule has 1 fully saturated rings. The van der Waals surface area contributed by atoms with Gasteiger partial charge in [0.05, 0.1) is 0 Å². The van der Waals surface area contributed by atoms with Crippen LogP contribution in [0.3, 0.4) is 0 Å². The van der Waals surface area contributed by atoms with E-state index in [2.05, 4.69) is 5.32 Å². The number of carbonyl (C=O) groups is 1. The van der Waals surface area contributed by atoms with E-state index in [1.54, 1.807) is 0 Å². The van der Waals surface area contributed by atoms with Gasteiger partial charge in [0.2, 0.25) is 6.10 Å². The van der Waals surface area contributed by atoms with Gasteiger partial charge in [0.15, 0.2) is 11.5 Å². The summed E-state index contributed by atoms with van der Waals surface area (Å²) in [5.74, 6) is 1.23. The molecule has 1 aromatic carbocycles. The zero-order chi connectivity index (χ0) is 13.9. The molecule has 0 aromatic heterocycles. The zero-order valence-corrected chi connectivity index (χ0v) is 11.4. The Balaban J connectivity index is 1.56. The Labute approximate surface area is 118 Å². The number of ether oxygens (including phenoxy) is 2. The number of fused-ring (bicyclic) bond motifs is 1. The van der Waals surface area contributed by atoms with Gasteiger partial charge in [-0.25, -0.2) is 0 Å². The van der Waals surface area contributed by atoms with Crippen molar-refractivity contribution in [2.24, 2.45) is 5.73 Å². The molecule has 3 N–H and O–H groups in total. The molecule has 3 rings (SSSR count). The molecular weight excluding hydrogens is 256 g/mol. The highest BCUT2D eigenvalue weighted by Gasteiger charge is 2.29. The fraction of sp³-hybridized carbons (Fsp3) is 0.533. The summed E-state index contributed by atoms with van der Waals surface area (Å²) in [4.78, 5) is 12.2. The van der Waals surface area contributed by atoms with Gasteiger partial charge in [0.1, 0.15) is 6.61 Å². The molecule has 20 heavy (non-hydrogen) atoms. The Morgan fingerprint density at radius 1 is 1.15 bits per heavy atom. The lowest BCUT2D eigenvalue weighted by molar-refractivity contribution is -0.131. The summed E-state index contributed by atoms with van der Waals surface area (Å²) in [6.07, 6.45) is 3.25. The number of nitrogens with one attached hydrogen (secondary N) is 1. The van der Waals surface area contributed by atoms with Crippen molar-refractivity contribution in [3.8, 4) is 11.5 Å². The van der Waals surface area contributed by atoms with Gasteiger partial charge in [0, 0.05) is 12.1 Å². The smallest absolute Gasteiger partial charge is 0.264 e. The number of nitrogens with two attached hydrogens (primary N) is 1. The first-order valence-corrected chi connectivity index (χ1v) is 7.17. The van der Waals surface area contributed by atoms with Gasteiger partial charge in [-0.15, -0.1) is 0 Å². The van der Waals surface area contributed by atoms with Crippen LogP contribution in [0, 0.1) is 0 Å². The lowest BCUT2D eigenvalue weighted by atomic mass is 9.92. The summed E-state index contributed by atoms with van der Waals surface area (Å²) in [6.45, 7) is 0.259. The number of hydrogen-bond donors (Lipinski definition) is 2. The molecule has 1 aromatic rings. The molecule has 5 nitrogen and oxygen atoms in total. The second-order valence-electron chi connectivity index (χ2n) is 5.48. The van der Waals surface area contributed by atoms with Gasteiger partial charge in [-0.05, 0) is 37.8 Å². The molecule has 1 aliphatic heterocycles. The van der Waals surface area contributed by atoms with Crippen molar-refractivity contribution in [3.05, 3.63) is 24.3 Å². The number of amides is 1. The highest BCUT2D eigenvalue weighted by molar-refractivity contribution is 5.82. The number of hydrogen-bond acceptors (Lipinski definition) is 4. The summed E-state index contributed by atoms with van der Waals surface area (Å²) >= 11 is 0. The van der Waals surface area contributed by atoms with E-state index in [9.17, 15) is 4.79 Å². The highest BCUT2D eigenvalue weighted by atomic mass is 16.6. The zero-order valence-electron chi connectivity index (χ0n) is 11.4. The molecular formula is C15H20N2O3. The summed E-state index contributed by atoms with van der Waals surface area (Å²) in [5, 5.41) is 3.04. The molecule has 1 unspecified atom stereocenters. The van der Waals surface area contributed by atoms with Crippen LogP contribution < -0.4 is 20.5 Å². The molecule has 0 bridgehead atoms. The van der Waals surface area contributed by atoms with E-state index in [1.165, 1.54) is 0 Å². The van der Waals surface area contributed by atoms with E-state index in [0.29, 0.717) is 11.5 Å². The molecule has 1 amide bonds. The second kappa shape index (κ2) is 5.71. The van der Waals surface area contributed by atoms with Gasteiger partial charge in [-0.1, -0.05) is 12.1 Å². The van der Waals surface area contributed by atoms with E-state index in [1.807, 2.05) is 24.3 Å². The van der Waals surface area contributed by atoms with Crippen LogP contribution in [0.1, 0.15) is 25.7 Å². The first-order valence-electron chi connectivity index (χ1n) is 7.17. The average molecular weight is 276 g/mol. The fourth-order valence-electron chi connectivity index (χ4n) is 2.71. The fourth-order valence-corrected chi connectivity index (χ4v) is 2.71. The van der Waals surface area contributed by atoms with Gasteiger partial charge >= 0.3 is 0 Å². The average Bonchev–Trinajstić information content (AvgIpc) is 2.49. The number of rotatable bonds is 2. The molecule has 0 spiro atoms. The van der Waals surface area contributed by atoms with Gasteiger partial charge in [-0.3, -0.25) is 4.79 Å². The molecule has 1 aliphatic carbocycles. The van der Waals surface area contributed by atoms with Crippen molar-refractivity contribution >= 4 is 5.91 Å². The topological polar surface area (TPSA) is 73.6 Å². The molecule has 0 saturated heterocycles. The summed E-state index contributed by atoms with van der Waals surface area (Å²) in [7, 11) is 0. The third kappa shape index (κ3) is 2.88. The minimum atomic E-state index is -0.569. The minimum Gasteiger partial charge on any atom is -0.485 e. The largest absolute Gasteiger partial charge is 0.485 e. The standard InChI is InChI=1S/C15H20N2O3/c16-10-5-7-11(8-6-10)17-15(18)14-9-19-12-3-1-2-4-13(12)20-14/h1-4,10-11,14H,5-9,16H2,(H,17,18). The van der Waals surface area contributed by atoms with Crippen molar-refractivity contribution in [3.63, 3.8) is 0 Å². The quantitative estimate of drug-likeness (QED) is 0.851. The predicted octanol–water partition coefficient (Wildman–Crippen LogP) is 1.21. The summed E-state index contributed by atoms with van der Waals surface area (Å²) in [5.41, 5.74) is 5.87. The van der Waals surface area contributed by atoms with Crippen molar-refractivity contribution in [1.82, 2.24) is 5.32 Å². The Kier molecular flexibility index (Phi) is 3.78. The van der Waals surface area contributed by atoms with Gasteiger partial charge in [0.25, 0.3) is 5.91 Å². The number of carbonyl (C=O) groups excluding carboxylic acids is 1. The third-order valence-electron chi connectivity index (χ3n) is 3.92. The SMILES string of the molecule is NC1CCC(NC(=O)C2COc3ccccc3O2)CC1. The van der Waals surface area contributed by atoms with Crippen LogP contribution >= 0.6 is 0 Å². The third-order valence-corrected chi connectivity index (χ3v) is 3.92. The lowest BCUT2D eigenvalue weighted by Gasteiger charge is -2.30. The molecule has 1 heterocycles. The Morgan fingerprint density at radius 3 is 2.60 bits per heavy atom. The molecule has 1 saturated carbocycles. The Hall–Kier alpha value is -1.75. The van der Waals surface area contributed by atoms with E-state index in [4.69, 9.17) is 15.2 Å².